The second-order valence-corrected chi connectivity index (χ2v) is 7.23. The van der Waals surface area contributed by atoms with Gasteiger partial charge in [-0.05, 0) is 86.7 Å². The quantitative estimate of drug-likeness (QED) is 0.633. The van der Waals surface area contributed by atoms with Crippen LogP contribution in [0.25, 0.3) is 0 Å². The Morgan fingerprint density at radius 1 is 1.17 bits per heavy atom. The van der Waals surface area contributed by atoms with E-state index in [1.165, 1.54) is 18.6 Å². The molecule has 1 aliphatic carbocycles. The number of rotatable bonds is 6. The Kier molecular flexibility index (Phi) is 6.73. The first-order chi connectivity index (χ1) is 11.4. The van der Waals surface area contributed by atoms with Gasteiger partial charge in [-0.15, -0.1) is 0 Å². The maximum Gasteiger partial charge on any atom is 0.416 e. The summed E-state index contributed by atoms with van der Waals surface area (Å²) in [6, 6.07) is 4.26. The van der Waals surface area contributed by atoms with Gasteiger partial charge in [-0.2, -0.15) is 13.2 Å². The van der Waals surface area contributed by atoms with Crippen molar-refractivity contribution in [2.45, 2.75) is 65.0 Å². The van der Waals surface area contributed by atoms with Gasteiger partial charge in [0.05, 0.1) is 5.56 Å². The lowest BCUT2D eigenvalue weighted by atomic mass is 9.69. The van der Waals surface area contributed by atoms with Gasteiger partial charge in [0.2, 0.25) is 0 Å². The maximum absolute atomic E-state index is 13.1. The van der Waals surface area contributed by atoms with Crippen molar-refractivity contribution in [3.8, 4) is 0 Å². The van der Waals surface area contributed by atoms with Crippen LogP contribution in [-0.4, -0.2) is 13.1 Å². The number of hydrogen-bond acceptors (Lipinski definition) is 1. The largest absolute Gasteiger partial charge is 0.416 e. The zero-order valence-electron chi connectivity index (χ0n) is 15.0. The van der Waals surface area contributed by atoms with Gasteiger partial charge in [0.25, 0.3) is 0 Å². The summed E-state index contributed by atoms with van der Waals surface area (Å²) in [4.78, 5) is 0. The van der Waals surface area contributed by atoms with E-state index in [0.717, 1.165) is 49.9 Å². The zero-order chi connectivity index (χ0) is 17.7. The normalized spacial score (nSPS) is 25.0. The lowest BCUT2D eigenvalue weighted by Gasteiger charge is -2.37. The summed E-state index contributed by atoms with van der Waals surface area (Å²) < 4.78 is 39.4. The minimum Gasteiger partial charge on any atom is -0.316 e. The molecule has 3 unspecified atom stereocenters. The SMILES string of the molecule is CCCNCC1CCC(CC)C(c2cc(C(F)(F)F)ccc2C)C1. The number of halogens is 3. The topological polar surface area (TPSA) is 12.0 Å². The summed E-state index contributed by atoms with van der Waals surface area (Å²) in [7, 11) is 0. The van der Waals surface area contributed by atoms with Gasteiger partial charge in [0.15, 0.2) is 0 Å². The van der Waals surface area contributed by atoms with E-state index in [1.807, 2.05) is 6.92 Å². The molecular formula is C20H30F3N. The van der Waals surface area contributed by atoms with Crippen LogP contribution < -0.4 is 5.32 Å². The minimum absolute atomic E-state index is 0.250. The van der Waals surface area contributed by atoms with Crippen LogP contribution in [0, 0.1) is 18.8 Å². The average molecular weight is 341 g/mol. The average Bonchev–Trinajstić information content (AvgIpc) is 2.54. The van der Waals surface area contributed by atoms with Crippen molar-refractivity contribution < 1.29 is 13.2 Å². The predicted octanol–water partition coefficient (Wildman–Crippen LogP) is 5.92. The number of alkyl halides is 3. The number of nitrogens with one attached hydrogen (secondary N) is 1. The molecule has 1 aromatic carbocycles. The van der Waals surface area contributed by atoms with E-state index < -0.39 is 11.7 Å². The van der Waals surface area contributed by atoms with Crippen LogP contribution in [0.3, 0.4) is 0 Å². The second-order valence-electron chi connectivity index (χ2n) is 7.23. The van der Waals surface area contributed by atoms with Gasteiger partial charge >= 0.3 is 6.18 Å². The smallest absolute Gasteiger partial charge is 0.316 e. The van der Waals surface area contributed by atoms with E-state index in [0.29, 0.717) is 11.8 Å². The maximum atomic E-state index is 13.1. The van der Waals surface area contributed by atoms with E-state index in [4.69, 9.17) is 0 Å². The van der Waals surface area contributed by atoms with E-state index in [1.54, 1.807) is 6.07 Å². The minimum atomic E-state index is -4.26. The Morgan fingerprint density at radius 2 is 1.92 bits per heavy atom. The van der Waals surface area contributed by atoms with Crippen molar-refractivity contribution >= 4 is 0 Å². The highest BCUT2D eigenvalue weighted by atomic mass is 19.4. The molecule has 0 radical (unpaired) electrons. The predicted molar refractivity (Wildman–Crippen MR) is 93.2 cm³/mol. The highest BCUT2D eigenvalue weighted by Gasteiger charge is 2.35. The molecule has 24 heavy (non-hydrogen) atoms. The third kappa shape index (κ3) is 4.75. The van der Waals surface area contributed by atoms with Crippen molar-refractivity contribution in [2.24, 2.45) is 11.8 Å². The number of hydrogen-bond donors (Lipinski definition) is 1. The monoisotopic (exact) mass is 341 g/mol. The van der Waals surface area contributed by atoms with E-state index in [-0.39, 0.29) is 5.92 Å². The summed E-state index contributed by atoms with van der Waals surface area (Å²) >= 11 is 0. The van der Waals surface area contributed by atoms with E-state index in [9.17, 15) is 13.2 Å². The fraction of sp³-hybridized carbons (Fsp3) is 0.700. The Bertz CT molecular complexity index is 522. The molecule has 0 bridgehead atoms. The van der Waals surface area contributed by atoms with Gasteiger partial charge in [-0.1, -0.05) is 26.3 Å². The third-order valence-electron chi connectivity index (χ3n) is 5.49. The summed E-state index contributed by atoms with van der Waals surface area (Å²) in [6.45, 7) is 8.26. The lowest BCUT2D eigenvalue weighted by molar-refractivity contribution is -0.137. The number of benzene rings is 1. The summed E-state index contributed by atoms with van der Waals surface area (Å²) in [5, 5.41) is 3.48. The van der Waals surface area contributed by atoms with Gasteiger partial charge in [0.1, 0.15) is 0 Å². The van der Waals surface area contributed by atoms with Crippen LogP contribution in [-0.2, 0) is 6.18 Å². The van der Waals surface area contributed by atoms with Crippen molar-refractivity contribution in [2.75, 3.05) is 13.1 Å². The first-order valence-corrected chi connectivity index (χ1v) is 9.25. The third-order valence-corrected chi connectivity index (χ3v) is 5.49. The van der Waals surface area contributed by atoms with Crippen LogP contribution >= 0.6 is 0 Å². The molecule has 0 spiro atoms. The van der Waals surface area contributed by atoms with Crippen LogP contribution in [0.1, 0.15) is 68.6 Å². The zero-order valence-corrected chi connectivity index (χ0v) is 15.0. The fourth-order valence-corrected chi connectivity index (χ4v) is 4.07. The molecule has 1 N–H and O–H groups in total. The van der Waals surface area contributed by atoms with Gasteiger partial charge in [-0.25, -0.2) is 0 Å². The molecule has 1 saturated carbocycles. The van der Waals surface area contributed by atoms with Crippen molar-refractivity contribution in [3.63, 3.8) is 0 Å². The lowest BCUT2D eigenvalue weighted by Crippen LogP contribution is -2.31. The van der Waals surface area contributed by atoms with E-state index >= 15 is 0 Å². The molecule has 2 rings (SSSR count). The van der Waals surface area contributed by atoms with E-state index in [2.05, 4.69) is 19.2 Å². The van der Waals surface area contributed by atoms with Gasteiger partial charge in [0, 0.05) is 0 Å². The molecule has 0 saturated heterocycles. The summed E-state index contributed by atoms with van der Waals surface area (Å²) in [6.07, 6.45) is 1.19. The molecule has 3 atom stereocenters. The second kappa shape index (κ2) is 8.37. The molecule has 1 aromatic rings. The summed E-state index contributed by atoms with van der Waals surface area (Å²) in [5.41, 5.74) is 1.40. The summed E-state index contributed by atoms with van der Waals surface area (Å²) in [5.74, 6) is 1.31. The molecule has 136 valence electrons. The molecular weight excluding hydrogens is 311 g/mol. The van der Waals surface area contributed by atoms with Crippen molar-refractivity contribution in [1.29, 1.82) is 0 Å². The first kappa shape index (κ1) is 19.3. The molecule has 0 amide bonds. The van der Waals surface area contributed by atoms with Gasteiger partial charge < -0.3 is 5.32 Å². The van der Waals surface area contributed by atoms with Crippen LogP contribution in [0.2, 0.25) is 0 Å². The Labute approximate surface area is 144 Å². The van der Waals surface area contributed by atoms with Crippen LogP contribution in [0.15, 0.2) is 18.2 Å². The van der Waals surface area contributed by atoms with Crippen molar-refractivity contribution in [3.05, 3.63) is 34.9 Å². The molecule has 1 nitrogen and oxygen atoms in total. The molecule has 0 heterocycles. The molecule has 1 fully saturated rings. The van der Waals surface area contributed by atoms with Gasteiger partial charge in [-0.3, -0.25) is 0 Å². The molecule has 4 heteroatoms. The highest BCUT2D eigenvalue weighted by molar-refractivity contribution is 5.36. The Morgan fingerprint density at radius 3 is 2.54 bits per heavy atom. The van der Waals surface area contributed by atoms with Crippen LogP contribution in [0.5, 0.6) is 0 Å². The Balaban J connectivity index is 2.22. The van der Waals surface area contributed by atoms with Crippen LogP contribution in [0.4, 0.5) is 13.2 Å². The molecule has 1 aliphatic rings. The highest BCUT2D eigenvalue weighted by Crippen LogP contribution is 2.44. The number of aryl methyl sites for hydroxylation is 1. The standard InChI is InChI=1S/C20H30F3N/c1-4-10-24-13-15-7-8-16(5-2)19(11-15)18-12-17(20(21,22)23)9-6-14(18)3/h6,9,12,15-16,19,24H,4-5,7-8,10-11,13H2,1-3H3. The first-order valence-electron chi connectivity index (χ1n) is 9.25. The molecule has 0 aliphatic heterocycles. The van der Waals surface area contributed by atoms with Crippen molar-refractivity contribution in [1.82, 2.24) is 5.32 Å². The Hall–Kier alpha value is -1.03. The molecule has 0 aromatic heterocycles. The fourth-order valence-electron chi connectivity index (χ4n) is 4.07.